The second-order valence-corrected chi connectivity index (χ2v) is 5.29. The summed E-state index contributed by atoms with van der Waals surface area (Å²) >= 11 is 0. The van der Waals surface area contributed by atoms with Crippen LogP contribution in [-0.2, 0) is 15.1 Å². The van der Waals surface area contributed by atoms with E-state index in [1.54, 1.807) is 0 Å². The highest BCUT2D eigenvalue weighted by molar-refractivity contribution is 5.72. The quantitative estimate of drug-likeness (QED) is 0.860. The first kappa shape index (κ1) is 14.9. The van der Waals surface area contributed by atoms with Gasteiger partial charge in [-0.05, 0) is 50.3 Å². The number of rotatable bonds is 4. The van der Waals surface area contributed by atoms with E-state index >= 15 is 0 Å². The molecule has 1 fully saturated rings. The topological polar surface area (TPSA) is 55.8 Å². The van der Waals surface area contributed by atoms with Gasteiger partial charge in [-0.15, -0.1) is 0 Å². The molecule has 0 atom stereocenters. The van der Waals surface area contributed by atoms with Gasteiger partial charge in [0.25, 0.3) is 0 Å². The lowest BCUT2D eigenvalue weighted by atomic mass is 9.75. The second-order valence-electron chi connectivity index (χ2n) is 5.29. The summed E-state index contributed by atoms with van der Waals surface area (Å²) in [5.41, 5.74) is 0.0548. The standard InChI is InChI=1S/C16H22O4/c1-3-20-14-6-4-13(5-7-14)16(18)10-8-12(9-11-16)15(17)19-2/h4-7,12,18H,3,8-11H2,1-2H3. The third kappa shape index (κ3) is 3.12. The van der Waals surface area contributed by atoms with Crippen LogP contribution in [0.5, 0.6) is 5.75 Å². The van der Waals surface area contributed by atoms with E-state index in [2.05, 4.69) is 0 Å². The summed E-state index contributed by atoms with van der Waals surface area (Å²) in [7, 11) is 1.41. The maximum atomic E-state index is 11.5. The molecule has 1 aromatic rings. The Hall–Kier alpha value is -1.55. The van der Waals surface area contributed by atoms with E-state index in [0.717, 1.165) is 11.3 Å². The summed E-state index contributed by atoms with van der Waals surface area (Å²) in [6.07, 6.45) is 2.49. The molecule has 0 amide bonds. The van der Waals surface area contributed by atoms with Crippen molar-refractivity contribution in [1.29, 1.82) is 0 Å². The summed E-state index contributed by atoms with van der Waals surface area (Å²) in [5.74, 6) is 0.560. The Balaban J connectivity index is 2.03. The number of hydrogen-bond acceptors (Lipinski definition) is 4. The van der Waals surface area contributed by atoms with Crippen LogP contribution >= 0.6 is 0 Å². The molecule has 0 radical (unpaired) electrons. The Morgan fingerprint density at radius 2 is 1.90 bits per heavy atom. The Bertz CT molecular complexity index is 444. The van der Waals surface area contributed by atoms with Gasteiger partial charge in [0.05, 0.1) is 25.2 Å². The van der Waals surface area contributed by atoms with Gasteiger partial charge in [-0.3, -0.25) is 4.79 Å². The predicted octanol–water partition coefficient (Wildman–Crippen LogP) is 2.64. The van der Waals surface area contributed by atoms with Gasteiger partial charge in [-0.2, -0.15) is 0 Å². The van der Waals surface area contributed by atoms with Crippen LogP contribution in [0.25, 0.3) is 0 Å². The average Bonchev–Trinajstić information content (AvgIpc) is 2.48. The molecule has 1 aromatic carbocycles. The zero-order valence-corrected chi connectivity index (χ0v) is 12.1. The number of hydrogen-bond donors (Lipinski definition) is 1. The molecule has 0 spiro atoms. The fourth-order valence-electron chi connectivity index (χ4n) is 2.81. The van der Waals surface area contributed by atoms with E-state index in [1.807, 2.05) is 31.2 Å². The Labute approximate surface area is 119 Å². The zero-order chi connectivity index (χ0) is 14.6. The number of ether oxygens (including phenoxy) is 2. The third-order valence-corrected chi connectivity index (χ3v) is 4.05. The van der Waals surface area contributed by atoms with E-state index in [1.165, 1.54) is 7.11 Å². The minimum Gasteiger partial charge on any atom is -0.494 e. The third-order valence-electron chi connectivity index (χ3n) is 4.05. The normalized spacial score (nSPS) is 26.1. The van der Waals surface area contributed by atoms with Gasteiger partial charge >= 0.3 is 5.97 Å². The molecular weight excluding hydrogens is 256 g/mol. The van der Waals surface area contributed by atoms with E-state index in [-0.39, 0.29) is 11.9 Å². The number of methoxy groups -OCH3 is 1. The first-order valence-corrected chi connectivity index (χ1v) is 7.12. The van der Waals surface area contributed by atoms with E-state index in [4.69, 9.17) is 9.47 Å². The highest BCUT2D eigenvalue weighted by Crippen LogP contribution is 2.40. The zero-order valence-electron chi connectivity index (χ0n) is 12.1. The van der Waals surface area contributed by atoms with Crippen molar-refractivity contribution in [2.75, 3.05) is 13.7 Å². The molecule has 110 valence electrons. The van der Waals surface area contributed by atoms with Gasteiger partial charge in [0.2, 0.25) is 0 Å². The number of aliphatic hydroxyl groups is 1. The molecule has 0 bridgehead atoms. The van der Waals surface area contributed by atoms with Crippen LogP contribution in [0.1, 0.15) is 38.2 Å². The minimum atomic E-state index is -0.838. The van der Waals surface area contributed by atoms with Crippen LogP contribution in [0, 0.1) is 5.92 Å². The minimum absolute atomic E-state index is 0.0806. The van der Waals surface area contributed by atoms with Crippen LogP contribution in [-0.4, -0.2) is 24.8 Å². The monoisotopic (exact) mass is 278 g/mol. The first-order valence-electron chi connectivity index (χ1n) is 7.12. The Morgan fingerprint density at radius 3 is 2.40 bits per heavy atom. The molecule has 0 aliphatic heterocycles. The lowest BCUT2D eigenvalue weighted by molar-refractivity contribution is -0.148. The molecular formula is C16H22O4. The van der Waals surface area contributed by atoms with Gasteiger partial charge < -0.3 is 14.6 Å². The lowest BCUT2D eigenvalue weighted by Crippen LogP contribution is -2.34. The van der Waals surface area contributed by atoms with Crippen molar-refractivity contribution in [1.82, 2.24) is 0 Å². The van der Waals surface area contributed by atoms with Crippen molar-refractivity contribution in [2.24, 2.45) is 5.92 Å². The largest absolute Gasteiger partial charge is 0.494 e. The van der Waals surface area contributed by atoms with E-state index in [9.17, 15) is 9.90 Å². The number of carbonyl (C=O) groups is 1. The van der Waals surface area contributed by atoms with Gasteiger partial charge in [0, 0.05) is 0 Å². The van der Waals surface area contributed by atoms with Crippen LogP contribution in [0.15, 0.2) is 24.3 Å². The van der Waals surface area contributed by atoms with Crippen molar-refractivity contribution in [3.05, 3.63) is 29.8 Å². The molecule has 1 aliphatic carbocycles. The van der Waals surface area contributed by atoms with E-state index in [0.29, 0.717) is 32.3 Å². The van der Waals surface area contributed by atoms with Gasteiger partial charge in [-0.1, -0.05) is 12.1 Å². The Kier molecular flexibility index (Phi) is 4.65. The summed E-state index contributed by atoms with van der Waals surface area (Å²) in [6.45, 7) is 2.57. The molecule has 0 unspecified atom stereocenters. The number of benzene rings is 1. The van der Waals surface area contributed by atoms with Crippen molar-refractivity contribution in [3.8, 4) is 5.75 Å². The van der Waals surface area contributed by atoms with E-state index < -0.39 is 5.60 Å². The van der Waals surface area contributed by atoms with Crippen LogP contribution < -0.4 is 4.74 Å². The molecule has 1 saturated carbocycles. The van der Waals surface area contributed by atoms with Crippen LogP contribution in [0.4, 0.5) is 0 Å². The Morgan fingerprint density at radius 1 is 1.30 bits per heavy atom. The highest BCUT2D eigenvalue weighted by Gasteiger charge is 2.37. The smallest absolute Gasteiger partial charge is 0.308 e. The molecule has 4 heteroatoms. The number of carbonyl (C=O) groups excluding carboxylic acids is 1. The summed E-state index contributed by atoms with van der Waals surface area (Å²) in [6, 6.07) is 7.57. The van der Waals surface area contributed by atoms with Gasteiger partial charge in [0.15, 0.2) is 0 Å². The second kappa shape index (κ2) is 6.27. The highest BCUT2D eigenvalue weighted by atomic mass is 16.5. The molecule has 20 heavy (non-hydrogen) atoms. The summed E-state index contributed by atoms with van der Waals surface area (Å²) < 4.78 is 10.2. The van der Waals surface area contributed by atoms with Crippen molar-refractivity contribution < 1.29 is 19.4 Å². The molecule has 0 saturated heterocycles. The molecule has 4 nitrogen and oxygen atoms in total. The lowest BCUT2D eigenvalue weighted by Gasteiger charge is -2.35. The molecule has 1 N–H and O–H groups in total. The van der Waals surface area contributed by atoms with Gasteiger partial charge in [-0.25, -0.2) is 0 Å². The predicted molar refractivity (Wildman–Crippen MR) is 75.5 cm³/mol. The first-order chi connectivity index (χ1) is 9.59. The fourth-order valence-corrected chi connectivity index (χ4v) is 2.81. The summed E-state index contributed by atoms with van der Waals surface area (Å²) in [5, 5.41) is 10.7. The molecule has 1 aliphatic rings. The van der Waals surface area contributed by atoms with Gasteiger partial charge in [0.1, 0.15) is 5.75 Å². The van der Waals surface area contributed by atoms with Crippen LogP contribution in [0.3, 0.4) is 0 Å². The SMILES string of the molecule is CCOc1ccc(C2(O)CCC(C(=O)OC)CC2)cc1. The summed E-state index contributed by atoms with van der Waals surface area (Å²) in [4.78, 5) is 11.5. The number of esters is 1. The van der Waals surface area contributed by atoms with Crippen LogP contribution in [0.2, 0.25) is 0 Å². The van der Waals surface area contributed by atoms with Crippen molar-refractivity contribution in [2.45, 2.75) is 38.2 Å². The van der Waals surface area contributed by atoms with Crippen molar-refractivity contribution in [3.63, 3.8) is 0 Å². The van der Waals surface area contributed by atoms with Crippen molar-refractivity contribution >= 4 is 5.97 Å². The molecule has 0 aromatic heterocycles. The average molecular weight is 278 g/mol. The molecule has 2 rings (SSSR count). The fraction of sp³-hybridized carbons (Fsp3) is 0.562. The maximum Gasteiger partial charge on any atom is 0.308 e. The molecule has 0 heterocycles. The maximum absolute atomic E-state index is 11.5.